The minimum Gasteiger partial charge on any atom is -0.462 e. The maximum Gasteiger partial charge on any atom is 0.332 e. The van der Waals surface area contributed by atoms with Gasteiger partial charge in [-0.15, -0.1) is 11.8 Å². The number of aryl methyl sites for hydroxylation is 2. The van der Waals surface area contributed by atoms with E-state index in [1.807, 2.05) is 50.2 Å². The molecule has 3 aromatic carbocycles. The van der Waals surface area contributed by atoms with Gasteiger partial charge < -0.3 is 14.1 Å². The third-order valence-electron chi connectivity index (χ3n) is 6.13. The molecule has 0 bridgehead atoms. The molecule has 1 aromatic heterocycles. The van der Waals surface area contributed by atoms with Gasteiger partial charge in [0.15, 0.2) is 0 Å². The maximum absolute atomic E-state index is 11.7. The third-order valence-corrected chi connectivity index (χ3v) is 7.09. The van der Waals surface area contributed by atoms with Crippen LogP contribution in [0.25, 0.3) is 21.8 Å². The normalized spacial score (nSPS) is 11.5. The monoisotopic (exact) mass is 545 g/mol. The van der Waals surface area contributed by atoms with Crippen molar-refractivity contribution in [2.45, 2.75) is 32.2 Å². The zero-order valence-corrected chi connectivity index (χ0v) is 22.6. The first-order valence-corrected chi connectivity index (χ1v) is 13.2. The number of nitro benzene ring substituents is 1. The van der Waals surface area contributed by atoms with Crippen molar-refractivity contribution in [2.75, 3.05) is 12.4 Å². The number of oxime groups is 1. The fourth-order valence-corrected chi connectivity index (χ4v) is 5.24. The predicted molar refractivity (Wildman–Crippen MR) is 152 cm³/mol. The van der Waals surface area contributed by atoms with Crippen molar-refractivity contribution in [1.82, 2.24) is 4.57 Å². The number of thioether (sulfide) groups is 1. The van der Waals surface area contributed by atoms with Gasteiger partial charge in [-0.25, -0.2) is 9.59 Å². The molecular weight excluding hydrogens is 518 g/mol. The quantitative estimate of drug-likeness (QED) is 0.0342. The Balaban J connectivity index is 1.76. The highest BCUT2D eigenvalue weighted by Crippen LogP contribution is 2.33. The second kappa shape index (κ2) is 12.0. The number of aromatic nitrogens is 1. The van der Waals surface area contributed by atoms with Crippen molar-refractivity contribution in [1.29, 1.82) is 0 Å². The van der Waals surface area contributed by atoms with Crippen molar-refractivity contribution < 1.29 is 24.1 Å². The van der Waals surface area contributed by atoms with E-state index in [9.17, 15) is 19.7 Å². The summed E-state index contributed by atoms with van der Waals surface area (Å²) in [5.74, 6) is -0.426. The van der Waals surface area contributed by atoms with Crippen molar-refractivity contribution in [3.05, 3.63) is 94.1 Å². The molecule has 10 heteroatoms. The number of benzene rings is 3. The minimum atomic E-state index is -0.550. The van der Waals surface area contributed by atoms with E-state index in [0.29, 0.717) is 23.6 Å². The second-order valence-corrected chi connectivity index (χ2v) is 9.82. The first kappa shape index (κ1) is 27.6. The lowest BCUT2D eigenvalue weighted by Gasteiger charge is -2.12. The van der Waals surface area contributed by atoms with Gasteiger partial charge in [0.1, 0.15) is 12.3 Å². The average Bonchev–Trinajstić information content (AvgIpc) is 3.24. The first-order chi connectivity index (χ1) is 18.7. The Kier molecular flexibility index (Phi) is 8.46. The molecule has 200 valence electrons. The number of fused-ring (bicyclic) bond motifs is 3. The Hall–Kier alpha value is -4.44. The highest BCUT2D eigenvalue weighted by Gasteiger charge is 2.18. The maximum atomic E-state index is 11.7. The molecule has 4 rings (SSSR count). The van der Waals surface area contributed by atoms with Crippen LogP contribution in [0, 0.1) is 17.0 Å². The number of nitrogens with zero attached hydrogens (tertiary/aromatic N) is 3. The predicted octanol–water partition coefficient (Wildman–Crippen LogP) is 6.17. The molecule has 0 saturated carbocycles. The Morgan fingerprint density at radius 1 is 1.10 bits per heavy atom. The number of rotatable bonds is 10. The molecule has 0 unspecified atom stereocenters. The van der Waals surface area contributed by atoms with Gasteiger partial charge in [0.25, 0.3) is 5.69 Å². The van der Waals surface area contributed by atoms with E-state index in [0.717, 1.165) is 43.9 Å². The van der Waals surface area contributed by atoms with Crippen LogP contribution in [0.5, 0.6) is 0 Å². The zero-order chi connectivity index (χ0) is 28.1. The molecule has 4 aromatic rings. The number of carbonyl (C=O) groups excluding carboxylic acids is 2. The lowest BCUT2D eigenvalue weighted by molar-refractivity contribution is -0.384. The largest absolute Gasteiger partial charge is 0.462 e. The van der Waals surface area contributed by atoms with Crippen LogP contribution >= 0.6 is 11.8 Å². The van der Waals surface area contributed by atoms with E-state index in [-0.39, 0.29) is 12.3 Å². The number of carbonyl (C=O) groups is 2. The molecule has 1 heterocycles. The summed E-state index contributed by atoms with van der Waals surface area (Å²) >= 11 is 1.54. The van der Waals surface area contributed by atoms with Crippen molar-refractivity contribution in [3.63, 3.8) is 0 Å². The smallest absolute Gasteiger partial charge is 0.332 e. The number of non-ortho nitro benzene ring substituents is 1. The number of ether oxygens (including phenoxy) is 1. The standard InChI is InChI=1S/C29H27N3O6S/c1-5-28(34)37-13-14-39-22-9-10-23(18(3)15-22)29(30-38-19(4)33)20-7-11-26-24(16-20)25-17-21(32(35)36)8-12-27(25)31(26)6-2/h5,7-12,15-17H,1,6,13-14H2,2-4H3/b30-29-. The van der Waals surface area contributed by atoms with Crippen LogP contribution in [0.4, 0.5) is 5.69 Å². The van der Waals surface area contributed by atoms with Crippen LogP contribution in [0.15, 0.2) is 77.3 Å². The van der Waals surface area contributed by atoms with Crippen LogP contribution in [0.3, 0.4) is 0 Å². The highest BCUT2D eigenvalue weighted by molar-refractivity contribution is 7.99. The Morgan fingerprint density at radius 3 is 2.46 bits per heavy atom. The van der Waals surface area contributed by atoms with Crippen LogP contribution in [0.2, 0.25) is 0 Å². The summed E-state index contributed by atoms with van der Waals surface area (Å²) in [4.78, 5) is 40.0. The summed E-state index contributed by atoms with van der Waals surface area (Å²) < 4.78 is 7.13. The van der Waals surface area contributed by atoms with E-state index < -0.39 is 16.9 Å². The van der Waals surface area contributed by atoms with Gasteiger partial charge in [-0.2, -0.15) is 0 Å². The van der Waals surface area contributed by atoms with Gasteiger partial charge in [0.05, 0.1) is 4.92 Å². The first-order valence-electron chi connectivity index (χ1n) is 12.2. The summed E-state index contributed by atoms with van der Waals surface area (Å²) in [5, 5.41) is 17.3. The fourth-order valence-electron chi connectivity index (χ4n) is 4.41. The molecule has 0 aliphatic rings. The summed E-state index contributed by atoms with van der Waals surface area (Å²) in [7, 11) is 0. The number of esters is 1. The van der Waals surface area contributed by atoms with Gasteiger partial charge in [0.2, 0.25) is 0 Å². The van der Waals surface area contributed by atoms with E-state index in [2.05, 4.69) is 16.3 Å². The van der Waals surface area contributed by atoms with E-state index in [4.69, 9.17) is 9.57 Å². The van der Waals surface area contributed by atoms with Crippen LogP contribution < -0.4 is 0 Å². The van der Waals surface area contributed by atoms with Gasteiger partial charge in [0, 0.05) is 75.3 Å². The van der Waals surface area contributed by atoms with Gasteiger partial charge in [-0.3, -0.25) is 10.1 Å². The van der Waals surface area contributed by atoms with E-state index >= 15 is 0 Å². The molecule has 0 fully saturated rings. The summed E-state index contributed by atoms with van der Waals surface area (Å²) in [6, 6.07) is 16.5. The Labute approximate surface area is 229 Å². The van der Waals surface area contributed by atoms with Crippen LogP contribution in [0.1, 0.15) is 30.5 Å². The number of nitro groups is 1. The van der Waals surface area contributed by atoms with Crippen LogP contribution in [-0.2, 0) is 25.7 Å². The van der Waals surface area contributed by atoms with E-state index in [1.54, 1.807) is 12.1 Å². The van der Waals surface area contributed by atoms with Crippen molar-refractivity contribution in [3.8, 4) is 0 Å². The second-order valence-electron chi connectivity index (χ2n) is 8.65. The number of hydrogen-bond acceptors (Lipinski definition) is 8. The number of hydrogen-bond donors (Lipinski definition) is 0. The Bertz CT molecular complexity index is 1640. The SMILES string of the molecule is C=CC(=O)OCCSc1ccc(/C(=N\OC(C)=O)c2ccc3c(c2)c2cc([N+](=O)[O-])ccc2n3CC)c(C)c1. The molecule has 9 nitrogen and oxygen atoms in total. The van der Waals surface area contributed by atoms with Gasteiger partial charge in [-0.05, 0) is 49.7 Å². The summed E-state index contributed by atoms with van der Waals surface area (Å²) in [6.07, 6.45) is 1.13. The molecule has 0 amide bonds. The summed E-state index contributed by atoms with van der Waals surface area (Å²) in [6.45, 7) is 9.58. The lowest BCUT2D eigenvalue weighted by atomic mass is 9.97. The third kappa shape index (κ3) is 6.01. The van der Waals surface area contributed by atoms with Crippen molar-refractivity contribution >= 4 is 56.9 Å². The zero-order valence-electron chi connectivity index (χ0n) is 21.8. The molecule has 0 spiro atoms. The van der Waals surface area contributed by atoms with Gasteiger partial charge >= 0.3 is 11.9 Å². The van der Waals surface area contributed by atoms with Gasteiger partial charge in [-0.1, -0.05) is 23.9 Å². The minimum absolute atomic E-state index is 0.0139. The van der Waals surface area contributed by atoms with Crippen molar-refractivity contribution in [2.24, 2.45) is 5.16 Å². The van der Waals surface area contributed by atoms with Crippen LogP contribution in [-0.4, -0.2) is 39.5 Å². The highest BCUT2D eigenvalue weighted by atomic mass is 32.2. The molecule has 0 aliphatic heterocycles. The molecule has 0 aliphatic carbocycles. The molecule has 0 radical (unpaired) electrons. The molecule has 0 atom stereocenters. The summed E-state index contributed by atoms with van der Waals surface area (Å²) in [5.41, 5.74) is 4.67. The fraction of sp³-hybridized carbons (Fsp3) is 0.207. The molecular formula is C29H27N3O6S. The average molecular weight is 546 g/mol. The lowest BCUT2D eigenvalue weighted by Crippen LogP contribution is -2.08. The van der Waals surface area contributed by atoms with E-state index in [1.165, 1.54) is 24.8 Å². The topological polar surface area (TPSA) is 113 Å². The molecule has 0 N–H and O–H groups in total. The Morgan fingerprint density at radius 2 is 1.82 bits per heavy atom. The molecule has 0 saturated heterocycles. The molecule has 39 heavy (non-hydrogen) atoms.